The van der Waals surface area contributed by atoms with E-state index in [4.69, 9.17) is 4.74 Å². The van der Waals surface area contributed by atoms with Crippen LogP contribution < -0.4 is 10.1 Å². The van der Waals surface area contributed by atoms with Crippen molar-refractivity contribution in [1.29, 1.82) is 0 Å². The summed E-state index contributed by atoms with van der Waals surface area (Å²) in [4.78, 5) is 20.8. The highest BCUT2D eigenvalue weighted by atomic mass is 32.2. The van der Waals surface area contributed by atoms with Gasteiger partial charge in [-0.2, -0.15) is 0 Å². The zero-order chi connectivity index (χ0) is 22.0. The number of hydrogen-bond donors (Lipinski definition) is 1. The lowest BCUT2D eigenvalue weighted by atomic mass is 10.2. The summed E-state index contributed by atoms with van der Waals surface area (Å²) in [7, 11) is -2.30. The molecule has 4 aromatic rings. The number of fused-ring (bicyclic) bond motifs is 1. The van der Waals surface area contributed by atoms with Crippen molar-refractivity contribution >= 4 is 21.5 Å². The number of methoxy groups -OCH3 is 1. The van der Waals surface area contributed by atoms with Gasteiger partial charge in [0.2, 0.25) is 15.6 Å². The first-order chi connectivity index (χ1) is 14.9. The molecule has 4 rings (SSSR count). The quantitative estimate of drug-likeness (QED) is 0.499. The maximum Gasteiger partial charge on any atom is 0.254 e. The molecule has 0 spiro atoms. The van der Waals surface area contributed by atoms with Crippen molar-refractivity contribution in [2.75, 3.05) is 7.11 Å². The van der Waals surface area contributed by atoms with Gasteiger partial charge >= 0.3 is 0 Å². The van der Waals surface area contributed by atoms with E-state index in [2.05, 4.69) is 15.3 Å². The smallest absolute Gasteiger partial charge is 0.254 e. The summed E-state index contributed by atoms with van der Waals surface area (Å²) < 4.78 is 33.0. The second-order valence-electron chi connectivity index (χ2n) is 6.96. The Morgan fingerprint density at radius 1 is 1.13 bits per heavy atom. The van der Waals surface area contributed by atoms with E-state index < -0.39 is 9.84 Å². The Morgan fingerprint density at radius 3 is 2.65 bits per heavy atom. The fraction of sp³-hybridized carbons (Fsp3) is 0.136. The number of sulfone groups is 1. The monoisotopic (exact) mass is 436 g/mol. The fourth-order valence-corrected chi connectivity index (χ4v) is 4.63. The second kappa shape index (κ2) is 8.19. The molecule has 9 heteroatoms. The summed E-state index contributed by atoms with van der Waals surface area (Å²) in [6.45, 7) is 2.07. The van der Waals surface area contributed by atoms with E-state index in [1.807, 2.05) is 6.92 Å². The zero-order valence-corrected chi connectivity index (χ0v) is 17.8. The Labute approximate surface area is 179 Å². The predicted octanol–water partition coefficient (Wildman–Crippen LogP) is 2.81. The maximum absolute atomic E-state index is 13.0. The van der Waals surface area contributed by atoms with E-state index in [9.17, 15) is 13.2 Å². The molecule has 0 aliphatic heterocycles. The van der Waals surface area contributed by atoms with Gasteiger partial charge in [0.1, 0.15) is 10.6 Å². The van der Waals surface area contributed by atoms with Crippen molar-refractivity contribution in [3.63, 3.8) is 0 Å². The van der Waals surface area contributed by atoms with E-state index in [1.54, 1.807) is 53.3 Å². The Morgan fingerprint density at radius 2 is 1.90 bits per heavy atom. The molecule has 0 unspecified atom stereocenters. The van der Waals surface area contributed by atoms with Crippen molar-refractivity contribution in [1.82, 2.24) is 19.7 Å². The number of benzene rings is 2. The van der Waals surface area contributed by atoms with Crippen molar-refractivity contribution < 1.29 is 17.9 Å². The number of amides is 1. The third-order valence-corrected chi connectivity index (χ3v) is 6.59. The second-order valence-corrected chi connectivity index (χ2v) is 8.88. The average Bonchev–Trinajstić information content (AvgIpc) is 3.25. The van der Waals surface area contributed by atoms with Crippen LogP contribution >= 0.6 is 0 Å². The summed E-state index contributed by atoms with van der Waals surface area (Å²) in [6.07, 6.45) is 6.42. The van der Waals surface area contributed by atoms with Gasteiger partial charge in [0.15, 0.2) is 0 Å². The van der Waals surface area contributed by atoms with Crippen LogP contribution in [-0.4, -0.2) is 35.8 Å². The third-order valence-electron chi connectivity index (χ3n) is 4.80. The van der Waals surface area contributed by atoms with Crippen molar-refractivity contribution in [2.45, 2.75) is 23.3 Å². The fourth-order valence-electron chi connectivity index (χ4n) is 3.13. The highest BCUT2D eigenvalue weighted by molar-refractivity contribution is 7.91. The van der Waals surface area contributed by atoms with Gasteiger partial charge in [-0.15, -0.1) is 0 Å². The highest BCUT2D eigenvalue weighted by Crippen LogP contribution is 2.30. The SMILES string of the molecule is COc1ccc(C)cc1S(=O)(=O)c1ccc(CNC(=O)c2cnc3nccn3c2)cc1. The molecule has 0 bridgehead atoms. The van der Waals surface area contributed by atoms with Gasteiger partial charge in [0.25, 0.3) is 5.91 Å². The minimum Gasteiger partial charge on any atom is -0.495 e. The van der Waals surface area contributed by atoms with Crippen LogP contribution in [0.5, 0.6) is 5.75 Å². The normalized spacial score (nSPS) is 11.4. The summed E-state index contributed by atoms with van der Waals surface area (Å²) in [5.74, 6) is 0.522. The van der Waals surface area contributed by atoms with Gasteiger partial charge < -0.3 is 10.1 Å². The number of carbonyl (C=O) groups is 1. The van der Waals surface area contributed by atoms with E-state index in [0.717, 1.165) is 11.1 Å². The number of nitrogens with one attached hydrogen (secondary N) is 1. The van der Waals surface area contributed by atoms with Crippen LogP contribution in [0.25, 0.3) is 5.78 Å². The molecule has 2 heterocycles. The number of aromatic nitrogens is 3. The lowest BCUT2D eigenvalue weighted by molar-refractivity contribution is 0.0950. The van der Waals surface area contributed by atoms with Crippen LogP contribution in [0.15, 0.2) is 77.0 Å². The molecular formula is C22H20N4O4S. The number of aryl methyl sites for hydroxylation is 1. The van der Waals surface area contributed by atoms with Crippen LogP contribution in [0.3, 0.4) is 0 Å². The first-order valence-corrected chi connectivity index (χ1v) is 10.9. The van der Waals surface area contributed by atoms with Crippen LogP contribution in [0.1, 0.15) is 21.5 Å². The molecule has 1 amide bonds. The number of carbonyl (C=O) groups excluding carboxylic acids is 1. The Hall–Kier alpha value is -3.72. The van der Waals surface area contributed by atoms with Gasteiger partial charge in [0.05, 0.1) is 17.6 Å². The molecule has 0 saturated carbocycles. The molecular weight excluding hydrogens is 416 g/mol. The standard InChI is InChI=1S/C22H20N4O4S/c1-15-3-8-19(30-2)20(11-15)31(28,29)18-6-4-16(5-7-18)12-24-21(27)17-13-25-22-23-9-10-26(22)14-17/h3-11,13-14H,12H2,1-2H3,(H,24,27). The first kappa shape index (κ1) is 20.5. The van der Waals surface area contributed by atoms with Crippen molar-refractivity contribution in [3.8, 4) is 5.75 Å². The average molecular weight is 436 g/mol. The molecule has 0 saturated heterocycles. The van der Waals surface area contributed by atoms with Gasteiger partial charge in [0, 0.05) is 31.3 Å². The van der Waals surface area contributed by atoms with Gasteiger partial charge in [-0.05, 0) is 42.3 Å². The van der Waals surface area contributed by atoms with Gasteiger partial charge in [-0.3, -0.25) is 9.20 Å². The van der Waals surface area contributed by atoms with Crippen molar-refractivity contribution in [3.05, 3.63) is 83.9 Å². The molecule has 1 N–H and O–H groups in total. The molecule has 0 fully saturated rings. The maximum atomic E-state index is 13.0. The molecule has 31 heavy (non-hydrogen) atoms. The summed E-state index contributed by atoms with van der Waals surface area (Å²) in [5, 5.41) is 2.81. The van der Waals surface area contributed by atoms with E-state index in [1.165, 1.54) is 25.4 Å². The summed E-state index contributed by atoms with van der Waals surface area (Å²) in [6, 6.07) is 11.4. The number of imidazole rings is 1. The molecule has 2 aromatic heterocycles. The molecule has 0 atom stereocenters. The third kappa shape index (κ3) is 4.13. The molecule has 0 radical (unpaired) electrons. The Bertz CT molecular complexity index is 1360. The molecule has 2 aromatic carbocycles. The molecule has 158 valence electrons. The van der Waals surface area contributed by atoms with Crippen LogP contribution in [0.4, 0.5) is 0 Å². The van der Waals surface area contributed by atoms with Gasteiger partial charge in [-0.1, -0.05) is 18.2 Å². The highest BCUT2D eigenvalue weighted by Gasteiger charge is 2.22. The first-order valence-electron chi connectivity index (χ1n) is 9.44. The van der Waals surface area contributed by atoms with Crippen LogP contribution in [0.2, 0.25) is 0 Å². The number of rotatable bonds is 6. The Balaban J connectivity index is 1.49. The largest absolute Gasteiger partial charge is 0.495 e. The van der Waals surface area contributed by atoms with E-state index in [0.29, 0.717) is 17.1 Å². The minimum absolute atomic E-state index is 0.124. The predicted molar refractivity (Wildman–Crippen MR) is 114 cm³/mol. The zero-order valence-electron chi connectivity index (χ0n) is 16.9. The topological polar surface area (TPSA) is 103 Å². The number of ether oxygens (including phenoxy) is 1. The lowest BCUT2D eigenvalue weighted by Gasteiger charge is -2.11. The number of nitrogens with zero attached hydrogens (tertiary/aromatic N) is 3. The summed E-state index contributed by atoms with van der Waals surface area (Å²) in [5.41, 5.74) is 1.98. The lowest BCUT2D eigenvalue weighted by Crippen LogP contribution is -2.23. The Kier molecular flexibility index (Phi) is 5.43. The summed E-state index contributed by atoms with van der Waals surface area (Å²) >= 11 is 0. The molecule has 0 aliphatic carbocycles. The molecule has 0 aliphatic rings. The van der Waals surface area contributed by atoms with Crippen molar-refractivity contribution in [2.24, 2.45) is 0 Å². The van der Waals surface area contributed by atoms with Crippen LogP contribution in [-0.2, 0) is 16.4 Å². The van der Waals surface area contributed by atoms with Crippen LogP contribution in [0, 0.1) is 6.92 Å². The van der Waals surface area contributed by atoms with E-state index in [-0.39, 0.29) is 22.2 Å². The van der Waals surface area contributed by atoms with E-state index >= 15 is 0 Å². The van der Waals surface area contributed by atoms with Gasteiger partial charge in [-0.25, -0.2) is 18.4 Å². The molecule has 8 nitrogen and oxygen atoms in total. The minimum atomic E-state index is -3.74. The number of hydrogen-bond acceptors (Lipinski definition) is 6.